The fraction of sp³-hybridized carbons (Fsp3) is 0.375. The minimum absolute atomic E-state index is 0.448. The number of rotatable bonds is 4. The average Bonchev–Trinajstić information content (AvgIpc) is 2.43. The zero-order valence-corrected chi connectivity index (χ0v) is 14.9. The molecular formula is C16H18BrClN2O. The highest BCUT2D eigenvalue weighted by Gasteiger charge is 2.14. The van der Waals surface area contributed by atoms with E-state index in [2.05, 4.69) is 39.7 Å². The lowest BCUT2D eigenvalue weighted by Gasteiger charge is -2.11. The van der Waals surface area contributed by atoms with Gasteiger partial charge >= 0.3 is 0 Å². The Hall–Kier alpha value is -1.13. The molecule has 0 aliphatic heterocycles. The molecule has 112 valence electrons. The summed E-state index contributed by atoms with van der Waals surface area (Å²) in [5.41, 5.74) is 2.92. The van der Waals surface area contributed by atoms with Crippen LogP contribution in [-0.2, 0) is 6.42 Å². The Morgan fingerprint density at radius 2 is 2.00 bits per heavy atom. The molecule has 0 atom stereocenters. The molecule has 0 spiro atoms. The summed E-state index contributed by atoms with van der Waals surface area (Å²) in [6.45, 7) is 6.30. The van der Waals surface area contributed by atoms with E-state index in [1.807, 2.05) is 25.1 Å². The van der Waals surface area contributed by atoms with Gasteiger partial charge in [-0.1, -0.05) is 25.4 Å². The first kappa shape index (κ1) is 16.2. The molecule has 0 amide bonds. The van der Waals surface area contributed by atoms with Crippen LogP contribution < -0.4 is 4.74 Å². The van der Waals surface area contributed by atoms with E-state index in [9.17, 15) is 0 Å². The molecule has 0 saturated carbocycles. The molecule has 2 rings (SSSR count). The highest BCUT2D eigenvalue weighted by atomic mass is 79.9. The molecule has 1 aromatic heterocycles. The third-order valence-corrected chi connectivity index (χ3v) is 4.47. The van der Waals surface area contributed by atoms with E-state index in [4.69, 9.17) is 16.3 Å². The van der Waals surface area contributed by atoms with Crippen molar-refractivity contribution in [1.82, 2.24) is 9.97 Å². The molecule has 0 N–H and O–H groups in total. The van der Waals surface area contributed by atoms with Gasteiger partial charge in [0.05, 0.1) is 17.3 Å². The predicted molar refractivity (Wildman–Crippen MR) is 90.0 cm³/mol. The van der Waals surface area contributed by atoms with Crippen LogP contribution in [0.25, 0.3) is 11.4 Å². The lowest BCUT2D eigenvalue weighted by atomic mass is 10.1. The first-order chi connectivity index (χ1) is 9.92. The Morgan fingerprint density at radius 3 is 2.57 bits per heavy atom. The van der Waals surface area contributed by atoms with Gasteiger partial charge in [-0.2, -0.15) is 0 Å². The standard InChI is InChI=1S/C16H18BrClN2O/c1-9(2)7-12-14(17)15(18)20-16(19-12)11-5-6-13(21-4)10(3)8-11/h5-6,8-9H,7H2,1-4H3. The van der Waals surface area contributed by atoms with Gasteiger partial charge in [-0.15, -0.1) is 0 Å². The number of halogens is 2. The van der Waals surface area contributed by atoms with E-state index in [0.29, 0.717) is 16.9 Å². The summed E-state index contributed by atoms with van der Waals surface area (Å²) in [6.07, 6.45) is 0.852. The number of nitrogens with zero attached hydrogens (tertiary/aromatic N) is 2. The maximum absolute atomic E-state index is 6.23. The van der Waals surface area contributed by atoms with Crippen LogP contribution in [-0.4, -0.2) is 17.1 Å². The molecule has 1 aromatic carbocycles. The van der Waals surface area contributed by atoms with Crippen molar-refractivity contribution < 1.29 is 4.74 Å². The van der Waals surface area contributed by atoms with E-state index in [1.54, 1.807) is 7.11 Å². The SMILES string of the molecule is COc1ccc(-c2nc(Cl)c(Br)c(CC(C)C)n2)cc1C. The zero-order valence-electron chi connectivity index (χ0n) is 12.6. The van der Waals surface area contributed by atoms with E-state index >= 15 is 0 Å². The first-order valence-corrected chi connectivity index (χ1v) is 7.96. The van der Waals surface area contributed by atoms with Crippen molar-refractivity contribution in [1.29, 1.82) is 0 Å². The lowest BCUT2D eigenvalue weighted by molar-refractivity contribution is 0.412. The summed E-state index contributed by atoms with van der Waals surface area (Å²) in [5, 5.41) is 0.448. The highest BCUT2D eigenvalue weighted by Crippen LogP contribution is 2.30. The Balaban J connectivity index is 2.49. The minimum atomic E-state index is 0.448. The third-order valence-electron chi connectivity index (χ3n) is 3.13. The topological polar surface area (TPSA) is 35.0 Å². The van der Waals surface area contributed by atoms with E-state index in [-0.39, 0.29) is 0 Å². The molecule has 0 bridgehead atoms. The molecule has 0 aliphatic carbocycles. The maximum atomic E-state index is 6.23. The summed E-state index contributed by atoms with van der Waals surface area (Å²) in [7, 11) is 1.66. The van der Waals surface area contributed by atoms with Crippen molar-refractivity contribution in [2.45, 2.75) is 27.2 Å². The second-order valence-corrected chi connectivity index (χ2v) is 6.53. The van der Waals surface area contributed by atoms with Crippen LogP contribution in [0.15, 0.2) is 22.7 Å². The molecule has 0 saturated heterocycles. The quantitative estimate of drug-likeness (QED) is 0.705. The lowest BCUT2D eigenvalue weighted by Crippen LogP contribution is -2.03. The molecule has 3 nitrogen and oxygen atoms in total. The van der Waals surface area contributed by atoms with Crippen molar-refractivity contribution in [2.75, 3.05) is 7.11 Å². The van der Waals surface area contributed by atoms with Crippen molar-refractivity contribution in [3.8, 4) is 17.1 Å². The molecule has 21 heavy (non-hydrogen) atoms. The van der Waals surface area contributed by atoms with Crippen LogP contribution in [0, 0.1) is 12.8 Å². The van der Waals surface area contributed by atoms with Crippen molar-refractivity contribution in [2.24, 2.45) is 5.92 Å². The second kappa shape index (κ2) is 6.75. The maximum Gasteiger partial charge on any atom is 0.161 e. The van der Waals surface area contributed by atoms with Gasteiger partial charge in [0, 0.05) is 5.56 Å². The number of aryl methyl sites for hydroxylation is 1. The molecule has 5 heteroatoms. The van der Waals surface area contributed by atoms with Crippen molar-refractivity contribution >= 4 is 27.5 Å². The fourth-order valence-electron chi connectivity index (χ4n) is 2.13. The average molecular weight is 370 g/mol. The van der Waals surface area contributed by atoms with Gasteiger partial charge in [0.1, 0.15) is 10.9 Å². The van der Waals surface area contributed by atoms with Gasteiger partial charge in [-0.05, 0) is 59.0 Å². The number of ether oxygens (including phenoxy) is 1. The monoisotopic (exact) mass is 368 g/mol. The second-order valence-electron chi connectivity index (χ2n) is 5.38. The normalized spacial score (nSPS) is 11.0. The summed E-state index contributed by atoms with van der Waals surface area (Å²) >= 11 is 9.70. The summed E-state index contributed by atoms with van der Waals surface area (Å²) in [5.74, 6) is 1.99. The van der Waals surface area contributed by atoms with Gasteiger partial charge in [0.2, 0.25) is 0 Å². The number of aromatic nitrogens is 2. The van der Waals surface area contributed by atoms with Crippen LogP contribution in [0.2, 0.25) is 5.15 Å². The molecule has 2 aromatic rings. The number of hydrogen-bond donors (Lipinski definition) is 0. The van der Waals surface area contributed by atoms with Gasteiger partial charge in [-0.3, -0.25) is 0 Å². The molecule has 0 aliphatic rings. The van der Waals surface area contributed by atoms with Crippen LogP contribution >= 0.6 is 27.5 Å². The summed E-state index contributed by atoms with van der Waals surface area (Å²) in [4.78, 5) is 9.03. The van der Waals surface area contributed by atoms with Crippen LogP contribution in [0.1, 0.15) is 25.1 Å². The van der Waals surface area contributed by atoms with Gasteiger partial charge < -0.3 is 4.74 Å². The van der Waals surface area contributed by atoms with Crippen molar-refractivity contribution in [3.63, 3.8) is 0 Å². The van der Waals surface area contributed by atoms with Crippen molar-refractivity contribution in [3.05, 3.63) is 39.1 Å². The first-order valence-electron chi connectivity index (χ1n) is 6.79. The van der Waals surface area contributed by atoms with E-state index < -0.39 is 0 Å². The summed E-state index contributed by atoms with van der Waals surface area (Å²) < 4.78 is 6.06. The highest BCUT2D eigenvalue weighted by molar-refractivity contribution is 9.10. The molecular weight excluding hydrogens is 352 g/mol. The molecule has 0 fully saturated rings. The fourth-order valence-corrected chi connectivity index (χ4v) is 2.66. The van der Waals surface area contributed by atoms with Crippen LogP contribution in [0.4, 0.5) is 0 Å². The van der Waals surface area contributed by atoms with Crippen LogP contribution in [0.5, 0.6) is 5.75 Å². The Labute approximate surface area is 138 Å². The number of hydrogen-bond acceptors (Lipinski definition) is 3. The van der Waals surface area contributed by atoms with E-state index in [0.717, 1.165) is 33.5 Å². The summed E-state index contributed by atoms with van der Waals surface area (Å²) in [6, 6.07) is 5.88. The smallest absolute Gasteiger partial charge is 0.161 e. The minimum Gasteiger partial charge on any atom is -0.496 e. The largest absolute Gasteiger partial charge is 0.496 e. The third kappa shape index (κ3) is 3.74. The van der Waals surface area contributed by atoms with Gasteiger partial charge in [-0.25, -0.2) is 9.97 Å². The molecule has 0 radical (unpaired) electrons. The Bertz CT molecular complexity index is 659. The van der Waals surface area contributed by atoms with Crippen LogP contribution in [0.3, 0.4) is 0 Å². The molecule has 1 heterocycles. The Kier molecular flexibility index (Phi) is 5.22. The predicted octanol–water partition coefficient (Wildman–Crippen LogP) is 5.08. The van der Waals surface area contributed by atoms with Gasteiger partial charge in [0.15, 0.2) is 5.82 Å². The Morgan fingerprint density at radius 1 is 1.29 bits per heavy atom. The van der Waals surface area contributed by atoms with Gasteiger partial charge in [0.25, 0.3) is 0 Å². The molecule has 0 unspecified atom stereocenters. The zero-order chi connectivity index (χ0) is 15.6. The number of benzene rings is 1. The van der Waals surface area contributed by atoms with E-state index in [1.165, 1.54) is 0 Å². The number of methoxy groups -OCH3 is 1.